The van der Waals surface area contributed by atoms with Gasteiger partial charge >= 0.3 is 0 Å². The minimum absolute atomic E-state index is 0.114. The molecule has 146 valence electrons. The number of aliphatic hydroxyl groups is 1. The second-order valence-electron chi connectivity index (χ2n) is 8.53. The molecule has 2 fully saturated rings. The van der Waals surface area contributed by atoms with Gasteiger partial charge < -0.3 is 14.6 Å². The van der Waals surface area contributed by atoms with E-state index in [1.165, 1.54) is 5.56 Å². The first kappa shape index (κ1) is 19.6. The number of piperidine rings is 1. The second kappa shape index (κ2) is 8.26. The summed E-state index contributed by atoms with van der Waals surface area (Å²) in [6, 6.07) is 8.34. The van der Waals surface area contributed by atoms with E-state index >= 15 is 0 Å². The Morgan fingerprint density at radius 2 is 1.81 bits per heavy atom. The van der Waals surface area contributed by atoms with E-state index in [1.54, 1.807) is 0 Å². The van der Waals surface area contributed by atoms with Gasteiger partial charge in [-0.3, -0.25) is 9.80 Å². The molecule has 5 nitrogen and oxygen atoms in total. The van der Waals surface area contributed by atoms with Gasteiger partial charge in [-0.15, -0.1) is 0 Å². The van der Waals surface area contributed by atoms with Crippen LogP contribution in [0.15, 0.2) is 24.3 Å². The lowest BCUT2D eigenvalue weighted by Gasteiger charge is -2.48. The maximum absolute atomic E-state index is 10.6. The van der Waals surface area contributed by atoms with Crippen molar-refractivity contribution in [2.75, 3.05) is 52.5 Å². The minimum Gasteiger partial charge on any atom is -0.492 e. The van der Waals surface area contributed by atoms with Crippen molar-refractivity contribution >= 4 is 0 Å². The third-order valence-electron chi connectivity index (χ3n) is 6.13. The van der Waals surface area contributed by atoms with Crippen LogP contribution in [0.1, 0.15) is 32.8 Å². The van der Waals surface area contributed by atoms with Crippen molar-refractivity contribution in [1.29, 1.82) is 0 Å². The molecule has 2 heterocycles. The zero-order valence-electron chi connectivity index (χ0n) is 16.5. The lowest BCUT2D eigenvalue weighted by Crippen LogP contribution is -2.55. The summed E-state index contributed by atoms with van der Waals surface area (Å²) >= 11 is 0. The average molecular weight is 363 g/mol. The van der Waals surface area contributed by atoms with E-state index in [1.807, 2.05) is 13.0 Å². The molecule has 1 N–H and O–H groups in total. The van der Waals surface area contributed by atoms with E-state index in [9.17, 15) is 5.11 Å². The number of para-hydroxylation sites is 1. The van der Waals surface area contributed by atoms with Crippen molar-refractivity contribution in [2.24, 2.45) is 5.41 Å². The first-order valence-corrected chi connectivity index (χ1v) is 9.83. The fraction of sp³-hybridized carbons (Fsp3) is 0.714. The van der Waals surface area contributed by atoms with Gasteiger partial charge in [-0.1, -0.05) is 32.0 Å². The van der Waals surface area contributed by atoms with Crippen LogP contribution in [-0.2, 0) is 11.3 Å². The smallest absolute Gasteiger partial charge is 0.123 e. The van der Waals surface area contributed by atoms with Crippen molar-refractivity contribution in [3.8, 4) is 5.75 Å². The van der Waals surface area contributed by atoms with Gasteiger partial charge in [0.1, 0.15) is 12.4 Å². The largest absolute Gasteiger partial charge is 0.492 e. The summed E-state index contributed by atoms with van der Waals surface area (Å²) in [5.41, 5.74) is 0.515. The highest BCUT2D eigenvalue weighted by molar-refractivity contribution is 5.33. The number of likely N-dealkylation sites (tertiary alicyclic amines) is 1. The Labute approximate surface area is 157 Å². The Kier molecular flexibility index (Phi) is 6.23. The predicted molar refractivity (Wildman–Crippen MR) is 103 cm³/mol. The summed E-state index contributed by atoms with van der Waals surface area (Å²) in [6.45, 7) is 14.2. The van der Waals surface area contributed by atoms with Crippen LogP contribution >= 0.6 is 0 Å². The van der Waals surface area contributed by atoms with Gasteiger partial charge in [0.2, 0.25) is 0 Å². The molecule has 2 aliphatic rings. The Balaban J connectivity index is 1.55. The average Bonchev–Trinajstić information content (AvgIpc) is 2.61. The maximum atomic E-state index is 10.6. The third-order valence-corrected chi connectivity index (χ3v) is 6.13. The topological polar surface area (TPSA) is 45.2 Å². The van der Waals surface area contributed by atoms with Gasteiger partial charge in [0, 0.05) is 50.2 Å². The number of benzene rings is 1. The first-order valence-electron chi connectivity index (χ1n) is 9.83. The fourth-order valence-electron chi connectivity index (χ4n) is 3.78. The molecule has 5 heteroatoms. The molecular formula is C21H34N2O3. The van der Waals surface area contributed by atoms with Gasteiger partial charge in [-0.25, -0.2) is 0 Å². The number of hydrogen-bond acceptors (Lipinski definition) is 5. The van der Waals surface area contributed by atoms with Crippen LogP contribution in [0.5, 0.6) is 5.75 Å². The van der Waals surface area contributed by atoms with E-state index in [0.717, 1.165) is 64.7 Å². The molecule has 0 aromatic heterocycles. The Bertz CT molecular complexity index is 582. The summed E-state index contributed by atoms with van der Waals surface area (Å²) in [4.78, 5) is 4.82. The lowest BCUT2D eigenvalue weighted by atomic mass is 9.71. The van der Waals surface area contributed by atoms with E-state index in [-0.39, 0.29) is 5.41 Å². The Hall–Kier alpha value is -1.14. The van der Waals surface area contributed by atoms with E-state index in [2.05, 4.69) is 41.8 Å². The van der Waals surface area contributed by atoms with Crippen molar-refractivity contribution in [2.45, 2.75) is 39.3 Å². The molecule has 0 bridgehead atoms. The zero-order valence-corrected chi connectivity index (χ0v) is 16.5. The first-order chi connectivity index (χ1) is 12.4. The molecule has 3 rings (SSSR count). The highest BCUT2D eigenvalue weighted by Crippen LogP contribution is 2.38. The third kappa shape index (κ3) is 4.77. The highest BCUT2D eigenvalue weighted by Gasteiger charge is 2.43. The summed E-state index contributed by atoms with van der Waals surface area (Å²) < 4.78 is 11.5. The van der Waals surface area contributed by atoms with Crippen LogP contribution in [0.4, 0.5) is 0 Å². The molecule has 1 aromatic carbocycles. The Morgan fingerprint density at radius 1 is 1.08 bits per heavy atom. The SMILES string of the molecule is CC1(C)CN(Cc2ccccc2OCCN2CCOCC2)CC[C@@]1(C)O. The number of rotatable bonds is 6. The van der Waals surface area contributed by atoms with Crippen molar-refractivity contribution < 1.29 is 14.6 Å². The van der Waals surface area contributed by atoms with Gasteiger partial charge in [0.05, 0.1) is 18.8 Å². The number of ether oxygens (including phenoxy) is 2. The standard InChI is InChI=1S/C21H34N2O3/c1-20(2)17-23(9-8-21(20,3)24)16-18-6-4-5-7-19(18)26-15-12-22-10-13-25-14-11-22/h4-7,24H,8-17H2,1-3H3/t21-/m1/s1. The molecule has 26 heavy (non-hydrogen) atoms. The Morgan fingerprint density at radius 3 is 2.54 bits per heavy atom. The molecule has 0 unspecified atom stereocenters. The quantitative estimate of drug-likeness (QED) is 0.842. The van der Waals surface area contributed by atoms with Gasteiger partial charge in [0.25, 0.3) is 0 Å². The van der Waals surface area contributed by atoms with Crippen LogP contribution in [0, 0.1) is 5.41 Å². The molecule has 0 amide bonds. The van der Waals surface area contributed by atoms with Crippen LogP contribution in [0.25, 0.3) is 0 Å². The van der Waals surface area contributed by atoms with Crippen molar-refractivity contribution in [3.63, 3.8) is 0 Å². The van der Waals surface area contributed by atoms with Gasteiger partial charge in [-0.2, -0.15) is 0 Å². The molecule has 0 spiro atoms. The molecule has 2 saturated heterocycles. The summed E-state index contributed by atoms with van der Waals surface area (Å²) in [7, 11) is 0. The number of nitrogens with zero attached hydrogens (tertiary/aromatic N) is 2. The number of hydrogen-bond donors (Lipinski definition) is 1. The van der Waals surface area contributed by atoms with E-state index < -0.39 is 5.60 Å². The molecular weight excluding hydrogens is 328 g/mol. The minimum atomic E-state index is -0.600. The highest BCUT2D eigenvalue weighted by atomic mass is 16.5. The van der Waals surface area contributed by atoms with E-state index in [4.69, 9.17) is 9.47 Å². The second-order valence-corrected chi connectivity index (χ2v) is 8.53. The summed E-state index contributed by atoms with van der Waals surface area (Å²) in [5.74, 6) is 0.982. The van der Waals surface area contributed by atoms with Crippen LogP contribution < -0.4 is 4.74 Å². The van der Waals surface area contributed by atoms with Crippen LogP contribution in [0.3, 0.4) is 0 Å². The molecule has 2 aliphatic heterocycles. The van der Waals surface area contributed by atoms with Crippen molar-refractivity contribution in [1.82, 2.24) is 9.80 Å². The van der Waals surface area contributed by atoms with Gasteiger partial charge in [-0.05, 0) is 19.4 Å². The van der Waals surface area contributed by atoms with Gasteiger partial charge in [0.15, 0.2) is 0 Å². The monoisotopic (exact) mass is 362 g/mol. The fourth-order valence-corrected chi connectivity index (χ4v) is 3.78. The lowest BCUT2D eigenvalue weighted by molar-refractivity contribution is -0.107. The predicted octanol–water partition coefficient (Wildman–Crippen LogP) is 2.38. The zero-order chi connectivity index (χ0) is 18.6. The normalized spacial score (nSPS) is 27.4. The summed E-state index contributed by atoms with van der Waals surface area (Å²) in [6.07, 6.45) is 0.806. The molecule has 0 saturated carbocycles. The van der Waals surface area contributed by atoms with Crippen LogP contribution in [-0.4, -0.2) is 73.1 Å². The molecule has 0 radical (unpaired) electrons. The summed E-state index contributed by atoms with van der Waals surface area (Å²) in [5, 5.41) is 10.6. The number of morpholine rings is 1. The van der Waals surface area contributed by atoms with E-state index in [0.29, 0.717) is 6.61 Å². The van der Waals surface area contributed by atoms with Crippen molar-refractivity contribution in [3.05, 3.63) is 29.8 Å². The maximum Gasteiger partial charge on any atom is 0.123 e. The molecule has 1 atom stereocenters. The molecule has 1 aromatic rings. The molecule has 0 aliphatic carbocycles. The van der Waals surface area contributed by atoms with Crippen LogP contribution in [0.2, 0.25) is 0 Å².